The van der Waals surface area contributed by atoms with Gasteiger partial charge in [0.15, 0.2) is 0 Å². The fourth-order valence-corrected chi connectivity index (χ4v) is 2.89. The van der Waals surface area contributed by atoms with E-state index in [2.05, 4.69) is 5.32 Å². The molecule has 0 aliphatic carbocycles. The molecule has 0 aliphatic heterocycles. The quantitative estimate of drug-likeness (QED) is 0.529. The molecule has 25 heavy (non-hydrogen) atoms. The second-order valence-electron chi connectivity index (χ2n) is 5.50. The third kappa shape index (κ3) is 4.59. The largest absolute Gasteiger partial charge is 0.508 e. The minimum atomic E-state index is 0.242. The van der Waals surface area contributed by atoms with Crippen molar-refractivity contribution in [3.8, 4) is 11.5 Å². The van der Waals surface area contributed by atoms with Gasteiger partial charge < -0.3 is 15.2 Å². The predicted octanol–water partition coefficient (Wildman–Crippen LogP) is 5.89. The van der Waals surface area contributed by atoms with Crippen LogP contribution in [0.4, 0.5) is 5.69 Å². The zero-order valence-electron chi connectivity index (χ0n) is 13.4. The van der Waals surface area contributed by atoms with Crippen molar-refractivity contribution in [3.05, 3.63) is 87.9 Å². The Kier molecular flexibility index (Phi) is 5.69. The molecule has 3 nitrogen and oxygen atoms in total. The summed E-state index contributed by atoms with van der Waals surface area (Å²) in [6.07, 6.45) is 0. The Bertz CT molecular complexity index is 830. The van der Waals surface area contributed by atoms with Gasteiger partial charge in [0, 0.05) is 33.4 Å². The molecule has 0 atom stereocenters. The van der Waals surface area contributed by atoms with Gasteiger partial charge in [-0.05, 0) is 42.5 Å². The Morgan fingerprint density at radius 2 is 1.52 bits per heavy atom. The van der Waals surface area contributed by atoms with Gasteiger partial charge in [0.05, 0.1) is 0 Å². The van der Waals surface area contributed by atoms with E-state index in [9.17, 15) is 5.11 Å². The first-order chi connectivity index (χ1) is 12.1. The average Bonchev–Trinajstić information content (AvgIpc) is 2.62. The molecule has 0 aliphatic rings. The van der Waals surface area contributed by atoms with Crippen molar-refractivity contribution in [2.75, 3.05) is 5.32 Å². The third-order valence-electron chi connectivity index (χ3n) is 3.76. The molecule has 0 fully saturated rings. The number of halogens is 2. The topological polar surface area (TPSA) is 41.5 Å². The van der Waals surface area contributed by atoms with Crippen molar-refractivity contribution in [2.45, 2.75) is 13.2 Å². The van der Waals surface area contributed by atoms with E-state index in [1.165, 1.54) is 0 Å². The van der Waals surface area contributed by atoms with Crippen LogP contribution in [0.3, 0.4) is 0 Å². The smallest absolute Gasteiger partial charge is 0.124 e. The SMILES string of the molecule is Oc1ccc(NCc2ccccc2OCc2c(Cl)cccc2Cl)cc1. The fraction of sp³-hybridized carbons (Fsp3) is 0.100. The maximum absolute atomic E-state index is 9.34. The molecule has 0 bridgehead atoms. The summed E-state index contributed by atoms with van der Waals surface area (Å²) in [7, 11) is 0. The van der Waals surface area contributed by atoms with E-state index in [1.807, 2.05) is 42.5 Å². The van der Waals surface area contributed by atoms with Crippen molar-refractivity contribution < 1.29 is 9.84 Å². The van der Waals surface area contributed by atoms with E-state index in [1.54, 1.807) is 24.3 Å². The highest BCUT2D eigenvalue weighted by molar-refractivity contribution is 6.35. The molecule has 3 aromatic rings. The molecule has 5 heteroatoms. The van der Waals surface area contributed by atoms with Crippen LogP contribution in [0.5, 0.6) is 11.5 Å². The van der Waals surface area contributed by atoms with Crippen LogP contribution in [0, 0.1) is 0 Å². The number of ether oxygens (including phenoxy) is 1. The third-order valence-corrected chi connectivity index (χ3v) is 4.46. The normalized spacial score (nSPS) is 10.5. The van der Waals surface area contributed by atoms with Crippen LogP contribution in [0.15, 0.2) is 66.7 Å². The molecular formula is C20H17Cl2NO2. The van der Waals surface area contributed by atoms with Crippen molar-refractivity contribution in [3.63, 3.8) is 0 Å². The molecule has 128 valence electrons. The first kappa shape index (κ1) is 17.5. The van der Waals surface area contributed by atoms with Crippen LogP contribution < -0.4 is 10.1 Å². The second-order valence-corrected chi connectivity index (χ2v) is 6.31. The standard InChI is InChI=1S/C20H17Cl2NO2/c21-18-5-3-6-19(22)17(18)13-25-20-7-2-1-4-14(20)12-23-15-8-10-16(24)11-9-15/h1-11,23-24H,12-13H2. The van der Waals surface area contributed by atoms with Gasteiger partial charge in [-0.1, -0.05) is 47.5 Å². The zero-order valence-corrected chi connectivity index (χ0v) is 14.9. The van der Waals surface area contributed by atoms with Crippen LogP contribution in [0.25, 0.3) is 0 Å². The zero-order chi connectivity index (χ0) is 17.6. The minimum Gasteiger partial charge on any atom is -0.508 e. The number of para-hydroxylation sites is 1. The van der Waals surface area contributed by atoms with Crippen LogP contribution in [-0.4, -0.2) is 5.11 Å². The van der Waals surface area contributed by atoms with E-state index in [-0.39, 0.29) is 5.75 Å². The van der Waals surface area contributed by atoms with E-state index in [4.69, 9.17) is 27.9 Å². The van der Waals surface area contributed by atoms with E-state index in [0.717, 1.165) is 22.6 Å². The first-order valence-electron chi connectivity index (χ1n) is 7.80. The lowest BCUT2D eigenvalue weighted by atomic mass is 10.2. The van der Waals surface area contributed by atoms with Crippen LogP contribution in [-0.2, 0) is 13.2 Å². The number of phenolic OH excluding ortho intramolecular Hbond substituents is 1. The maximum Gasteiger partial charge on any atom is 0.124 e. The van der Waals surface area contributed by atoms with Crippen LogP contribution >= 0.6 is 23.2 Å². The summed E-state index contributed by atoms with van der Waals surface area (Å²) in [6.45, 7) is 0.895. The summed E-state index contributed by atoms with van der Waals surface area (Å²) in [4.78, 5) is 0. The van der Waals surface area contributed by atoms with E-state index < -0.39 is 0 Å². The van der Waals surface area contributed by atoms with Gasteiger partial charge in [-0.2, -0.15) is 0 Å². The van der Waals surface area contributed by atoms with Gasteiger partial charge >= 0.3 is 0 Å². The fourth-order valence-electron chi connectivity index (χ4n) is 2.39. The lowest BCUT2D eigenvalue weighted by molar-refractivity contribution is 0.303. The Labute approximate surface area is 156 Å². The number of hydrogen-bond acceptors (Lipinski definition) is 3. The summed E-state index contributed by atoms with van der Waals surface area (Å²) < 4.78 is 5.94. The number of benzene rings is 3. The van der Waals surface area contributed by atoms with Gasteiger partial charge in [0.25, 0.3) is 0 Å². The van der Waals surface area contributed by atoms with Crippen molar-refractivity contribution in [1.29, 1.82) is 0 Å². The highest BCUT2D eigenvalue weighted by atomic mass is 35.5. The van der Waals surface area contributed by atoms with Gasteiger partial charge in [0.1, 0.15) is 18.1 Å². The molecule has 0 radical (unpaired) electrons. The Hall–Kier alpha value is -2.36. The average molecular weight is 374 g/mol. The molecule has 3 aromatic carbocycles. The summed E-state index contributed by atoms with van der Waals surface area (Å²) in [5.41, 5.74) is 2.70. The molecule has 0 amide bonds. The maximum atomic E-state index is 9.34. The molecule has 0 heterocycles. The summed E-state index contributed by atoms with van der Waals surface area (Å²) in [5.74, 6) is 1.01. The number of aromatic hydroxyl groups is 1. The predicted molar refractivity (Wildman–Crippen MR) is 103 cm³/mol. The molecule has 0 saturated carbocycles. The Morgan fingerprint density at radius 3 is 2.24 bits per heavy atom. The van der Waals surface area contributed by atoms with Gasteiger partial charge in [0.2, 0.25) is 0 Å². The number of hydrogen-bond donors (Lipinski definition) is 2. The number of phenols is 1. The van der Waals surface area contributed by atoms with Gasteiger partial charge in [-0.15, -0.1) is 0 Å². The first-order valence-corrected chi connectivity index (χ1v) is 8.55. The molecule has 0 spiro atoms. The lowest BCUT2D eigenvalue weighted by Crippen LogP contribution is -2.04. The molecule has 0 saturated heterocycles. The van der Waals surface area contributed by atoms with Crippen LogP contribution in [0.1, 0.15) is 11.1 Å². The van der Waals surface area contributed by atoms with E-state index in [0.29, 0.717) is 23.2 Å². The summed E-state index contributed by atoms with van der Waals surface area (Å²) in [5, 5.41) is 13.8. The molecule has 3 rings (SSSR count). The number of anilines is 1. The van der Waals surface area contributed by atoms with Gasteiger partial charge in [-0.25, -0.2) is 0 Å². The van der Waals surface area contributed by atoms with Crippen molar-refractivity contribution >= 4 is 28.9 Å². The highest BCUT2D eigenvalue weighted by Crippen LogP contribution is 2.27. The molecular weight excluding hydrogens is 357 g/mol. The number of rotatable bonds is 6. The molecule has 2 N–H and O–H groups in total. The number of nitrogens with one attached hydrogen (secondary N) is 1. The van der Waals surface area contributed by atoms with Crippen molar-refractivity contribution in [2.24, 2.45) is 0 Å². The lowest BCUT2D eigenvalue weighted by Gasteiger charge is -2.14. The van der Waals surface area contributed by atoms with E-state index >= 15 is 0 Å². The summed E-state index contributed by atoms with van der Waals surface area (Å²) >= 11 is 12.4. The highest BCUT2D eigenvalue weighted by Gasteiger charge is 2.08. The monoisotopic (exact) mass is 373 g/mol. The van der Waals surface area contributed by atoms with Crippen LogP contribution in [0.2, 0.25) is 10.0 Å². The van der Waals surface area contributed by atoms with Gasteiger partial charge in [-0.3, -0.25) is 0 Å². The summed E-state index contributed by atoms with van der Waals surface area (Å²) in [6, 6.07) is 20.1. The Balaban J connectivity index is 1.69. The van der Waals surface area contributed by atoms with Crippen molar-refractivity contribution in [1.82, 2.24) is 0 Å². The molecule has 0 unspecified atom stereocenters. The Morgan fingerprint density at radius 1 is 0.840 bits per heavy atom. The second kappa shape index (κ2) is 8.15. The minimum absolute atomic E-state index is 0.242. The molecule has 0 aromatic heterocycles.